The van der Waals surface area contributed by atoms with Gasteiger partial charge in [-0.1, -0.05) is 0 Å². The molecule has 0 radical (unpaired) electrons. The van der Waals surface area contributed by atoms with Crippen molar-refractivity contribution < 1.29 is 14.9 Å². The molecule has 108 valence electrons. The zero-order valence-electron chi connectivity index (χ0n) is 10.7. The van der Waals surface area contributed by atoms with E-state index in [4.69, 9.17) is 10.5 Å². The van der Waals surface area contributed by atoms with Crippen molar-refractivity contribution in [3.63, 3.8) is 0 Å². The van der Waals surface area contributed by atoms with Crippen molar-refractivity contribution in [3.8, 4) is 0 Å². The van der Waals surface area contributed by atoms with Crippen molar-refractivity contribution in [1.29, 1.82) is 0 Å². The topological polar surface area (TPSA) is 119 Å². The van der Waals surface area contributed by atoms with Crippen LogP contribution in [0.15, 0.2) is 12.7 Å². The molecule has 9 heteroatoms. The van der Waals surface area contributed by atoms with Gasteiger partial charge in [0.05, 0.1) is 12.4 Å². The van der Waals surface area contributed by atoms with Crippen LogP contribution in [0.3, 0.4) is 0 Å². The second-order valence-corrected chi connectivity index (χ2v) is 5.50. The molecule has 0 spiro atoms. The molecule has 8 nitrogen and oxygen atoms in total. The Balaban J connectivity index is 1.97. The summed E-state index contributed by atoms with van der Waals surface area (Å²) in [5.41, 5.74) is 6.64. The lowest BCUT2D eigenvalue weighted by molar-refractivity contribution is -0.0288. The summed E-state index contributed by atoms with van der Waals surface area (Å²) in [7, 11) is 0. The molecule has 20 heavy (non-hydrogen) atoms. The van der Waals surface area contributed by atoms with Crippen LogP contribution in [0.5, 0.6) is 0 Å². The first-order valence-electron chi connectivity index (χ1n) is 6.07. The molecule has 1 saturated heterocycles. The maximum absolute atomic E-state index is 10.1. The Morgan fingerprint density at radius 1 is 1.35 bits per heavy atom. The van der Waals surface area contributed by atoms with Gasteiger partial charge in [0.25, 0.3) is 0 Å². The first kappa shape index (κ1) is 13.6. The summed E-state index contributed by atoms with van der Waals surface area (Å²) in [6, 6.07) is 0. The van der Waals surface area contributed by atoms with Crippen LogP contribution in [-0.4, -0.2) is 60.1 Å². The van der Waals surface area contributed by atoms with E-state index in [-0.39, 0.29) is 5.82 Å². The minimum atomic E-state index is -1.04. The van der Waals surface area contributed by atoms with Crippen LogP contribution in [-0.2, 0) is 4.74 Å². The zero-order valence-corrected chi connectivity index (χ0v) is 11.6. The third kappa shape index (κ3) is 2.03. The van der Waals surface area contributed by atoms with Gasteiger partial charge in [-0.25, -0.2) is 15.0 Å². The van der Waals surface area contributed by atoms with Crippen LogP contribution in [0.1, 0.15) is 6.23 Å². The Bertz CT molecular complexity index is 621. The number of imidazole rings is 1. The number of nitrogens with zero attached hydrogens (tertiary/aromatic N) is 4. The highest BCUT2D eigenvalue weighted by molar-refractivity contribution is 7.98. The number of hydrogen-bond acceptors (Lipinski definition) is 8. The highest BCUT2D eigenvalue weighted by Gasteiger charge is 2.43. The molecule has 0 saturated carbocycles. The van der Waals surface area contributed by atoms with Gasteiger partial charge in [-0.05, 0) is 6.26 Å². The maximum atomic E-state index is 10.1. The van der Waals surface area contributed by atoms with Gasteiger partial charge in [-0.2, -0.15) is 11.8 Å². The molecule has 2 aromatic rings. The van der Waals surface area contributed by atoms with Gasteiger partial charge >= 0.3 is 0 Å². The largest absolute Gasteiger partial charge is 0.387 e. The number of aliphatic hydroxyl groups is 2. The second-order valence-electron chi connectivity index (χ2n) is 4.58. The summed E-state index contributed by atoms with van der Waals surface area (Å²) >= 11 is 1.54. The first-order chi connectivity index (χ1) is 9.63. The Labute approximate surface area is 119 Å². The molecule has 3 heterocycles. The molecule has 0 aliphatic carbocycles. The SMILES string of the molecule is CSC[C@H]1O[C@@H](n2cnc3c(N)ncnc32)[C@H](O)[C@H]1O. The summed E-state index contributed by atoms with van der Waals surface area (Å²) < 4.78 is 7.29. The van der Waals surface area contributed by atoms with E-state index in [1.165, 1.54) is 12.7 Å². The van der Waals surface area contributed by atoms with Crippen LogP contribution in [0, 0.1) is 0 Å². The Kier molecular flexibility index (Phi) is 3.50. The fraction of sp³-hybridized carbons (Fsp3) is 0.545. The molecule has 0 aromatic carbocycles. The maximum Gasteiger partial charge on any atom is 0.167 e. The fourth-order valence-corrected chi connectivity index (χ4v) is 2.92. The van der Waals surface area contributed by atoms with Crippen LogP contribution in [0.25, 0.3) is 11.2 Å². The van der Waals surface area contributed by atoms with E-state index < -0.39 is 24.5 Å². The van der Waals surface area contributed by atoms with Crippen molar-refractivity contribution in [2.75, 3.05) is 17.7 Å². The summed E-state index contributed by atoms with van der Waals surface area (Å²) in [4.78, 5) is 12.1. The average molecular weight is 297 g/mol. The van der Waals surface area contributed by atoms with E-state index in [2.05, 4.69) is 15.0 Å². The lowest BCUT2D eigenvalue weighted by Crippen LogP contribution is -2.32. The molecule has 4 atom stereocenters. The van der Waals surface area contributed by atoms with Crippen molar-refractivity contribution >= 4 is 28.7 Å². The van der Waals surface area contributed by atoms with Crippen molar-refractivity contribution in [1.82, 2.24) is 19.5 Å². The molecule has 1 aliphatic heterocycles. The Morgan fingerprint density at radius 2 is 2.15 bits per heavy atom. The Morgan fingerprint density at radius 3 is 2.90 bits per heavy atom. The molecule has 4 N–H and O–H groups in total. The normalized spacial score (nSPS) is 30.1. The highest BCUT2D eigenvalue weighted by atomic mass is 32.2. The molecule has 3 rings (SSSR count). The third-order valence-electron chi connectivity index (χ3n) is 3.33. The molecule has 0 bridgehead atoms. The molecule has 1 aliphatic rings. The van der Waals surface area contributed by atoms with Crippen molar-refractivity contribution in [3.05, 3.63) is 12.7 Å². The fourth-order valence-electron chi connectivity index (χ4n) is 2.32. The number of aromatic nitrogens is 4. The van der Waals surface area contributed by atoms with E-state index >= 15 is 0 Å². The van der Waals surface area contributed by atoms with E-state index in [0.29, 0.717) is 16.9 Å². The summed E-state index contributed by atoms with van der Waals surface area (Å²) in [6.07, 6.45) is 1.58. The number of aliphatic hydroxyl groups excluding tert-OH is 2. The van der Waals surface area contributed by atoms with E-state index in [1.54, 1.807) is 16.3 Å². The quantitative estimate of drug-likeness (QED) is 0.686. The number of ether oxygens (including phenoxy) is 1. The number of nitrogens with two attached hydrogens (primary N) is 1. The van der Waals surface area contributed by atoms with Gasteiger partial charge < -0.3 is 20.7 Å². The van der Waals surface area contributed by atoms with Crippen LogP contribution < -0.4 is 5.73 Å². The number of fused-ring (bicyclic) bond motifs is 1. The molecule has 0 unspecified atom stereocenters. The molecule has 2 aromatic heterocycles. The first-order valence-corrected chi connectivity index (χ1v) is 7.46. The monoisotopic (exact) mass is 297 g/mol. The number of nitrogen functional groups attached to an aromatic ring is 1. The molecule has 0 amide bonds. The average Bonchev–Trinajstić information content (AvgIpc) is 2.97. The zero-order chi connectivity index (χ0) is 14.3. The highest BCUT2D eigenvalue weighted by Crippen LogP contribution is 2.32. The van der Waals surface area contributed by atoms with Crippen molar-refractivity contribution in [2.45, 2.75) is 24.5 Å². The van der Waals surface area contributed by atoms with Gasteiger partial charge in [0.15, 0.2) is 17.7 Å². The van der Waals surface area contributed by atoms with Gasteiger partial charge in [0, 0.05) is 5.75 Å². The minimum absolute atomic E-state index is 0.266. The number of anilines is 1. The number of thioether (sulfide) groups is 1. The third-order valence-corrected chi connectivity index (χ3v) is 3.99. The van der Waals surface area contributed by atoms with Gasteiger partial charge in [-0.15, -0.1) is 0 Å². The predicted octanol–water partition coefficient (Wildman–Crippen LogP) is -0.609. The van der Waals surface area contributed by atoms with Crippen LogP contribution in [0.4, 0.5) is 5.82 Å². The molecular weight excluding hydrogens is 282 g/mol. The standard InChI is InChI=1S/C11H15N5O3S/c1-20-2-5-7(17)8(18)11(19-5)16-4-15-6-9(12)13-3-14-10(6)16/h3-5,7-8,11,17-18H,2H2,1H3,(H2,12,13,14)/t5-,7+,8-,11-/m1/s1. The molecular formula is C11H15N5O3S. The summed E-state index contributed by atoms with van der Waals surface area (Å²) in [5, 5.41) is 20.2. The van der Waals surface area contributed by atoms with E-state index in [9.17, 15) is 10.2 Å². The van der Waals surface area contributed by atoms with E-state index in [1.807, 2.05) is 6.26 Å². The van der Waals surface area contributed by atoms with Gasteiger partial charge in [-0.3, -0.25) is 4.57 Å². The van der Waals surface area contributed by atoms with Gasteiger partial charge in [0.2, 0.25) is 0 Å². The number of rotatable bonds is 3. The number of hydrogen-bond donors (Lipinski definition) is 3. The predicted molar refractivity (Wildman–Crippen MR) is 74.0 cm³/mol. The second kappa shape index (κ2) is 5.17. The lowest BCUT2D eigenvalue weighted by atomic mass is 10.1. The summed E-state index contributed by atoms with van der Waals surface area (Å²) in [5.74, 6) is 0.862. The van der Waals surface area contributed by atoms with Crippen LogP contribution in [0.2, 0.25) is 0 Å². The van der Waals surface area contributed by atoms with Crippen LogP contribution >= 0.6 is 11.8 Å². The van der Waals surface area contributed by atoms with Crippen molar-refractivity contribution in [2.24, 2.45) is 0 Å². The summed E-state index contributed by atoms with van der Waals surface area (Å²) in [6.45, 7) is 0. The smallest absolute Gasteiger partial charge is 0.167 e. The minimum Gasteiger partial charge on any atom is -0.387 e. The van der Waals surface area contributed by atoms with E-state index in [0.717, 1.165) is 0 Å². The molecule has 1 fully saturated rings. The Hall–Kier alpha value is -1.42. The lowest BCUT2D eigenvalue weighted by Gasteiger charge is -2.16. The van der Waals surface area contributed by atoms with Gasteiger partial charge in [0.1, 0.15) is 24.1 Å².